The molecule has 0 radical (unpaired) electrons. The molecule has 1 aromatic heterocycles. The number of hydrogen-bond acceptors (Lipinski definition) is 0. The Balaban J connectivity index is 0.823. The molecule has 0 N–H and O–H groups in total. The zero-order valence-electron chi connectivity index (χ0n) is 47.3. The molecule has 0 saturated heterocycles. The Hall–Kier alpha value is -7.09. The van der Waals surface area contributed by atoms with Crippen molar-refractivity contribution in [3.05, 3.63) is 231 Å². The Kier molecular flexibility index (Phi) is 10.8. The van der Waals surface area contributed by atoms with E-state index in [1.54, 1.807) is 38.7 Å². The minimum atomic E-state index is 0.101. The van der Waals surface area contributed by atoms with E-state index in [2.05, 4.69) is 237 Å². The summed E-state index contributed by atoms with van der Waals surface area (Å²) < 4.78 is 2.49. The lowest BCUT2D eigenvalue weighted by molar-refractivity contribution is -0.0281. The van der Waals surface area contributed by atoms with Crippen LogP contribution in [0.3, 0.4) is 0 Å². The first kappa shape index (κ1) is 48.1. The van der Waals surface area contributed by atoms with Gasteiger partial charge in [0.05, 0.1) is 11.0 Å². The van der Waals surface area contributed by atoms with Gasteiger partial charge in [-0.2, -0.15) is 0 Å². The lowest BCUT2D eigenvalue weighted by atomic mass is 9.33. The summed E-state index contributed by atoms with van der Waals surface area (Å²) >= 11 is 0. The third-order valence-corrected chi connectivity index (χ3v) is 20.8. The normalized spacial score (nSPS) is 21.4. The number of para-hydroxylation sites is 1. The van der Waals surface area contributed by atoms with Gasteiger partial charge in [0, 0.05) is 22.4 Å². The highest BCUT2D eigenvalue weighted by atomic mass is 15.0. The molecule has 4 aliphatic carbocycles. The van der Waals surface area contributed by atoms with Crippen LogP contribution in [0.1, 0.15) is 132 Å². The maximum Gasteiger partial charge on any atom is 0.243 e. The molecule has 4 fully saturated rings. The van der Waals surface area contributed by atoms with Gasteiger partial charge < -0.3 is 4.57 Å². The molecule has 3 heteroatoms. The third-order valence-electron chi connectivity index (χ3n) is 20.8. The first-order chi connectivity index (χ1) is 37.8. The Morgan fingerprint density at radius 2 is 1.09 bits per heavy atom. The van der Waals surface area contributed by atoms with Gasteiger partial charge >= 0.3 is 0 Å². The predicted octanol–water partition coefficient (Wildman–Crippen LogP) is 14.7. The highest BCUT2D eigenvalue weighted by Gasteiger charge is 2.59. The van der Waals surface area contributed by atoms with E-state index in [0.29, 0.717) is 18.5 Å². The van der Waals surface area contributed by atoms with Crippen LogP contribution in [-0.4, -0.2) is 18.0 Å². The molecule has 78 heavy (non-hydrogen) atoms. The van der Waals surface area contributed by atoms with Crippen molar-refractivity contribution in [1.29, 1.82) is 0 Å². The lowest BCUT2D eigenvalue weighted by Gasteiger charge is -2.63. The second-order valence-corrected chi connectivity index (χ2v) is 26.1. The first-order valence-corrected chi connectivity index (χ1v) is 29.6. The van der Waals surface area contributed by atoms with Crippen molar-refractivity contribution in [3.8, 4) is 27.9 Å². The molecule has 0 amide bonds. The van der Waals surface area contributed by atoms with E-state index in [1.165, 1.54) is 144 Å². The molecule has 382 valence electrons. The minimum Gasteiger partial charge on any atom is -0.309 e. The van der Waals surface area contributed by atoms with Crippen LogP contribution in [0.4, 0.5) is 0 Å². The van der Waals surface area contributed by atoms with Crippen LogP contribution in [-0.2, 0) is 10.8 Å². The molecule has 6 aliphatic rings. The maximum atomic E-state index is 2.77. The largest absolute Gasteiger partial charge is 0.309 e. The fraction of sp³-hybridized carbons (Fsp3) is 0.280. The molecule has 3 atom stereocenters. The van der Waals surface area contributed by atoms with Crippen molar-refractivity contribution < 1.29 is 0 Å². The van der Waals surface area contributed by atoms with Crippen LogP contribution in [0.5, 0.6) is 0 Å². The molecule has 4 bridgehead atoms. The van der Waals surface area contributed by atoms with Gasteiger partial charge in [-0.15, -0.1) is 0 Å². The summed E-state index contributed by atoms with van der Waals surface area (Å²) in [6.45, 7) is 21.6. The van der Waals surface area contributed by atoms with Crippen LogP contribution in [0, 0.1) is 53.4 Å². The van der Waals surface area contributed by atoms with Crippen LogP contribution in [0.15, 0.2) is 170 Å². The zero-order chi connectivity index (χ0) is 53.1. The van der Waals surface area contributed by atoms with Gasteiger partial charge in [-0.25, -0.2) is 0 Å². The van der Waals surface area contributed by atoms with E-state index in [1.807, 2.05) is 0 Å². The number of benzene rings is 9. The highest BCUT2D eigenvalue weighted by Crippen LogP contribution is 2.66. The van der Waals surface area contributed by atoms with Crippen molar-refractivity contribution in [1.82, 2.24) is 4.57 Å². The summed E-state index contributed by atoms with van der Waals surface area (Å²) in [5, 5.41) is 2.60. The van der Waals surface area contributed by atoms with Crippen LogP contribution < -0.4 is 32.8 Å². The molecule has 0 spiro atoms. The third kappa shape index (κ3) is 7.08. The summed E-state index contributed by atoms with van der Waals surface area (Å²) in [4.78, 5) is 0. The number of aromatic nitrogens is 1. The second-order valence-electron chi connectivity index (χ2n) is 26.1. The van der Waals surface area contributed by atoms with E-state index in [-0.39, 0.29) is 17.5 Å². The zero-order valence-corrected chi connectivity index (χ0v) is 47.3. The van der Waals surface area contributed by atoms with Gasteiger partial charge in [0.15, 0.2) is 0 Å². The Morgan fingerprint density at radius 3 is 1.74 bits per heavy atom. The topological polar surface area (TPSA) is 4.93 Å². The van der Waals surface area contributed by atoms with Gasteiger partial charge in [0.2, 0.25) is 13.4 Å². The van der Waals surface area contributed by atoms with Gasteiger partial charge in [-0.05, 0) is 189 Å². The molecule has 9 aromatic carbocycles. The molecular formula is C75H71B2N. The number of rotatable bonds is 8. The average molecular weight is 1010 g/mol. The standard InChI is InChI=1S/C75H71B2N/c1-44(2)63-36-57(37-64-51(9)60-19-15-20-62-61-18-13-14-21-67(61)77(72(60)62)73(63)64)75-41-52-34-53(42-75)40-74(39-52,43-75)56-25-22-54(23-26-56)55-24-28-68-65(35-55)66-38-58(27-29-69(66)78(68)59-16-11-10-12-17-59)76(70-47(5)30-45(3)31-48(70)6)71-49(7)32-46(4)33-50(71)8/h10-33,35-38,44,51-53H,34,39-43H2,1-9H3. The Morgan fingerprint density at radius 1 is 0.513 bits per heavy atom. The Bertz CT molecular complexity index is 4020. The van der Waals surface area contributed by atoms with Crippen molar-refractivity contribution >= 4 is 68.0 Å². The molecule has 3 unspecified atom stereocenters. The summed E-state index contributed by atoms with van der Waals surface area (Å²) in [6, 6.07) is 67.2. The van der Waals surface area contributed by atoms with E-state index in [9.17, 15) is 0 Å². The molecule has 1 nitrogen and oxygen atoms in total. The maximum absolute atomic E-state index is 2.77. The molecule has 4 saturated carbocycles. The number of aryl methyl sites for hydroxylation is 6. The molecular weight excluding hydrogens is 936 g/mol. The number of nitrogens with zero attached hydrogens (tertiary/aromatic N) is 1. The van der Waals surface area contributed by atoms with E-state index < -0.39 is 0 Å². The number of fused-ring (bicyclic) bond motifs is 8. The van der Waals surface area contributed by atoms with Gasteiger partial charge in [0.25, 0.3) is 0 Å². The Labute approximate surface area is 464 Å². The fourth-order valence-electron chi connectivity index (χ4n) is 18.3. The van der Waals surface area contributed by atoms with Crippen LogP contribution >= 0.6 is 0 Å². The molecule has 2 aliphatic heterocycles. The van der Waals surface area contributed by atoms with Crippen molar-refractivity contribution in [3.63, 3.8) is 0 Å². The fourth-order valence-corrected chi connectivity index (χ4v) is 18.3. The predicted molar refractivity (Wildman–Crippen MR) is 335 cm³/mol. The molecule has 10 aromatic rings. The minimum absolute atomic E-state index is 0.101. The number of hydrogen-bond donors (Lipinski definition) is 0. The van der Waals surface area contributed by atoms with E-state index in [0.717, 1.165) is 11.8 Å². The van der Waals surface area contributed by atoms with Crippen molar-refractivity contribution in [2.75, 3.05) is 0 Å². The monoisotopic (exact) mass is 1010 g/mol. The van der Waals surface area contributed by atoms with Crippen LogP contribution in [0.2, 0.25) is 0 Å². The van der Waals surface area contributed by atoms with E-state index in [4.69, 9.17) is 0 Å². The lowest BCUT2D eigenvalue weighted by Crippen LogP contribution is -2.58. The van der Waals surface area contributed by atoms with Crippen molar-refractivity contribution in [2.45, 2.75) is 124 Å². The first-order valence-electron chi connectivity index (χ1n) is 29.6. The quantitative estimate of drug-likeness (QED) is 0.134. The second kappa shape index (κ2) is 17.5. The van der Waals surface area contributed by atoms with Gasteiger partial charge in [-0.1, -0.05) is 226 Å². The average Bonchev–Trinajstić information content (AvgIpc) is 3.56. The van der Waals surface area contributed by atoms with Gasteiger partial charge in [0.1, 0.15) is 0 Å². The van der Waals surface area contributed by atoms with E-state index >= 15 is 0 Å². The summed E-state index contributed by atoms with van der Waals surface area (Å²) in [5.41, 5.74) is 34.5. The summed E-state index contributed by atoms with van der Waals surface area (Å²) in [5.74, 6) is 2.38. The van der Waals surface area contributed by atoms with Crippen LogP contribution in [0.25, 0.3) is 49.7 Å². The smallest absolute Gasteiger partial charge is 0.243 e. The van der Waals surface area contributed by atoms with Crippen molar-refractivity contribution in [2.24, 2.45) is 11.8 Å². The molecule has 16 rings (SSSR count). The van der Waals surface area contributed by atoms with Gasteiger partial charge in [-0.3, -0.25) is 0 Å². The summed E-state index contributed by atoms with van der Waals surface area (Å²) in [7, 11) is 0. The summed E-state index contributed by atoms with van der Waals surface area (Å²) in [6.07, 6.45) is 8.01. The molecule has 3 heterocycles. The highest BCUT2D eigenvalue weighted by molar-refractivity contribution is 7.00. The SMILES string of the molecule is Cc1cc(C)c(B(c2ccc3c(c2)c2cc(-c4ccc(C56CC7CC(C5)CC(c5cc(C(C)C)c8c(c5)C(C)c5cccc9c5B8c5ccccc5-9)(C7)C6)cc4)ccc2n3-c2ccccc2)c2c(C)cc(C)cc2C)c(C)c1.